The summed E-state index contributed by atoms with van der Waals surface area (Å²) in [6.45, 7) is 5.48. The van der Waals surface area contributed by atoms with Gasteiger partial charge in [-0.05, 0) is 45.2 Å². The van der Waals surface area contributed by atoms with Crippen molar-refractivity contribution < 1.29 is 4.79 Å². The first-order chi connectivity index (χ1) is 8.97. The number of hydrogen-bond acceptors (Lipinski definition) is 4. The van der Waals surface area contributed by atoms with Crippen molar-refractivity contribution in [2.24, 2.45) is 5.73 Å². The zero-order valence-electron chi connectivity index (χ0n) is 11.6. The molecule has 2 rings (SSSR count). The Hall–Kier alpha value is -1.62. The van der Waals surface area contributed by atoms with Crippen LogP contribution in [0, 0.1) is 0 Å². The highest BCUT2D eigenvalue weighted by Crippen LogP contribution is 2.19. The second-order valence-electron chi connectivity index (χ2n) is 5.63. The number of carbonyl (C=O) groups is 1. The van der Waals surface area contributed by atoms with Crippen LogP contribution in [0.5, 0.6) is 0 Å². The molecule has 5 nitrogen and oxygen atoms in total. The molecule has 0 aromatic carbocycles. The van der Waals surface area contributed by atoms with Crippen molar-refractivity contribution in [1.29, 1.82) is 0 Å². The van der Waals surface area contributed by atoms with Crippen LogP contribution >= 0.6 is 0 Å². The molecule has 0 radical (unpaired) electrons. The van der Waals surface area contributed by atoms with Gasteiger partial charge >= 0.3 is 0 Å². The summed E-state index contributed by atoms with van der Waals surface area (Å²) in [7, 11) is 0. The lowest BCUT2D eigenvalue weighted by molar-refractivity contribution is -0.120. The molecule has 0 bridgehead atoms. The Labute approximate surface area is 114 Å². The van der Waals surface area contributed by atoms with Crippen LogP contribution in [0.25, 0.3) is 0 Å². The molecule has 1 amide bonds. The minimum absolute atomic E-state index is 0.208. The van der Waals surface area contributed by atoms with Crippen LogP contribution < -0.4 is 16.0 Å². The van der Waals surface area contributed by atoms with Crippen LogP contribution in [0.3, 0.4) is 0 Å². The van der Waals surface area contributed by atoms with Gasteiger partial charge in [-0.2, -0.15) is 0 Å². The number of amides is 1. The van der Waals surface area contributed by atoms with Crippen LogP contribution in [-0.2, 0) is 4.79 Å². The molecule has 1 aromatic rings. The first-order valence-electron chi connectivity index (χ1n) is 6.78. The molecule has 1 fully saturated rings. The quantitative estimate of drug-likeness (QED) is 0.870. The van der Waals surface area contributed by atoms with Gasteiger partial charge < -0.3 is 16.0 Å². The number of nitrogens with one attached hydrogen (secondary N) is 1. The molecule has 1 saturated heterocycles. The van der Waals surface area contributed by atoms with E-state index in [0.717, 1.165) is 18.9 Å². The second kappa shape index (κ2) is 5.57. The SMILES string of the molecule is CC(C)(N)C(=O)Nc1ccc(N2CCCCC2)nc1. The molecule has 1 aliphatic heterocycles. The molecule has 2 heterocycles. The average molecular weight is 262 g/mol. The molecule has 1 aliphatic rings. The van der Waals surface area contributed by atoms with Crippen LogP contribution in [-0.4, -0.2) is 29.5 Å². The van der Waals surface area contributed by atoms with E-state index in [0.29, 0.717) is 5.69 Å². The Morgan fingerprint density at radius 1 is 1.32 bits per heavy atom. The Balaban J connectivity index is 2.00. The minimum atomic E-state index is -0.883. The minimum Gasteiger partial charge on any atom is -0.357 e. The van der Waals surface area contributed by atoms with E-state index in [1.165, 1.54) is 19.3 Å². The first kappa shape index (κ1) is 13.8. The van der Waals surface area contributed by atoms with Gasteiger partial charge in [-0.1, -0.05) is 0 Å². The Kier molecular flexibility index (Phi) is 4.04. The number of nitrogens with two attached hydrogens (primary N) is 1. The molecular weight excluding hydrogens is 240 g/mol. The summed E-state index contributed by atoms with van der Waals surface area (Å²) in [6, 6.07) is 3.82. The maximum absolute atomic E-state index is 11.7. The highest BCUT2D eigenvalue weighted by molar-refractivity contribution is 5.97. The van der Waals surface area contributed by atoms with E-state index < -0.39 is 5.54 Å². The Morgan fingerprint density at radius 3 is 2.53 bits per heavy atom. The van der Waals surface area contributed by atoms with Gasteiger partial charge in [0.2, 0.25) is 5.91 Å². The van der Waals surface area contributed by atoms with Crippen molar-refractivity contribution in [3.05, 3.63) is 18.3 Å². The van der Waals surface area contributed by atoms with Gasteiger partial charge in [-0.3, -0.25) is 4.79 Å². The predicted octanol–water partition coefficient (Wildman–Crippen LogP) is 1.75. The number of anilines is 2. The zero-order valence-corrected chi connectivity index (χ0v) is 11.6. The zero-order chi connectivity index (χ0) is 13.9. The lowest BCUT2D eigenvalue weighted by Gasteiger charge is -2.27. The normalized spacial score (nSPS) is 16.3. The maximum atomic E-state index is 11.7. The maximum Gasteiger partial charge on any atom is 0.243 e. The molecule has 104 valence electrons. The smallest absolute Gasteiger partial charge is 0.243 e. The van der Waals surface area contributed by atoms with Crippen LogP contribution in [0.1, 0.15) is 33.1 Å². The predicted molar refractivity (Wildman–Crippen MR) is 77.2 cm³/mol. The lowest BCUT2D eigenvalue weighted by Crippen LogP contribution is -2.45. The molecule has 0 saturated carbocycles. The molecule has 0 atom stereocenters. The molecular formula is C14H22N4O. The van der Waals surface area contributed by atoms with Gasteiger partial charge in [0.05, 0.1) is 17.4 Å². The van der Waals surface area contributed by atoms with Gasteiger partial charge in [0.15, 0.2) is 0 Å². The van der Waals surface area contributed by atoms with E-state index in [9.17, 15) is 4.79 Å². The summed E-state index contributed by atoms with van der Waals surface area (Å²) >= 11 is 0. The van der Waals surface area contributed by atoms with Crippen LogP contribution in [0.2, 0.25) is 0 Å². The summed E-state index contributed by atoms with van der Waals surface area (Å²) in [5, 5.41) is 2.77. The van der Waals surface area contributed by atoms with Crippen molar-refractivity contribution in [3.8, 4) is 0 Å². The number of aromatic nitrogens is 1. The largest absolute Gasteiger partial charge is 0.357 e. The van der Waals surface area contributed by atoms with Crippen LogP contribution in [0.4, 0.5) is 11.5 Å². The fourth-order valence-electron chi connectivity index (χ4n) is 2.06. The van der Waals surface area contributed by atoms with Crippen molar-refractivity contribution in [1.82, 2.24) is 4.98 Å². The third kappa shape index (κ3) is 3.67. The monoisotopic (exact) mass is 262 g/mol. The number of piperidine rings is 1. The summed E-state index contributed by atoms with van der Waals surface area (Å²) in [5.74, 6) is 0.768. The molecule has 5 heteroatoms. The van der Waals surface area contributed by atoms with Gasteiger partial charge in [-0.15, -0.1) is 0 Å². The van der Waals surface area contributed by atoms with Gasteiger partial charge in [0.25, 0.3) is 0 Å². The van der Waals surface area contributed by atoms with Crippen LogP contribution in [0.15, 0.2) is 18.3 Å². The number of pyridine rings is 1. The number of hydrogen-bond donors (Lipinski definition) is 2. The van der Waals surface area contributed by atoms with Crippen molar-refractivity contribution in [2.45, 2.75) is 38.6 Å². The first-order valence-corrected chi connectivity index (χ1v) is 6.78. The highest BCUT2D eigenvalue weighted by Gasteiger charge is 2.22. The Morgan fingerprint density at radius 2 is 2.00 bits per heavy atom. The highest BCUT2D eigenvalue weighted by atomic mass is 16.2. The molecule has 0 spiro atoms. The number of nitrogens with zero attached hydrogens (tertiary/aromatic N) is 2. The van der Waals surface area contributed by atoms with Gasteiger partial charge in [0.1, 0.15) is 5.82 Å². The standard InChI is InChI=1S/C14H22N4O/c1-14(2,15)13(19)17-11-6-7-12(16-10-11)18-8-4-3-5-9-18/h6-7,10H,3-5,8-9,15H2,1-2H3,(H,17,19). The van der Waals surface area contributed by atoms with Gasteiger partial charge in [0, 0.05) is 13.1 Å². The van der Waals surface area contributed by atoms with E-state index in [2.05, 4.69) is 15.2 Å². The van der Waals surface area contributed by atoms with Gasteiger partial charge in [-0.25, -0.2) is 4.98 Å². The van der Waals surface area contributed by atoms with Crippen molar-refractivity contribution in [3.63, 3.8) is 0 Å². The third-order valence-electron chi connectivity index (χ3n) is 3.27. The van der Waals surface area contributed by atoms with Crippen molar-refractivity contribution in [2.75, 3.05) is 23.3 Å². The third-order valence-corrected chi connectivity index (χ3v) is 3.27. The average Bonchev–Trinajstić information content (AvgIpc) is 2.39. The molecule has 0 aliphatic carbocycles. The fourth-order valence-corrected chi connectivity index (χ4v) is 2.06. The molecule has 1 aromatic heterocycles. The molecule has 3 N–H and O–H groups in total. The van der Waals surface area contributed by atoms with E-state index >= 15 is 0 Å². The summed E-state index contributed by atoms with van der Waals surface area (Å²) in [6.07, 6.45) is 5.44. The lowest BCUT2D eigenvalue weighted by atomic mass is 10.1. The fraction of sp³-hybridized carbons (Fsp3) is 0.571. The summed E-state index contributed by atoms with van der Waals surface area (Å²) in [5.41, 5.74) is 5.53. The summed E-state index contributed by atoms with van der Waals surface area (Å²) in [4.78, 5) is 18.4. The molecule has 19 heavy (non-hydrogen) atoms. The van der Waals surface area contributed by atoms with E-state index in [1.54, 1.807) is 20.0 Å². The topological polar surface area (TPSA) is 71.2 Å². The summed E-state index contributed by atoms with van der Waals surface area (Å²) < 4.78 is 0. The van der Waals surface area contributed by atoms with E-state index in [4.69, 9.17) is 5.73 Å². The second-order valence-corrected chi connectivity index (χ2v) is 5.63. The van der Waals surface area contributed by atoms with E-state index in [1.807, 2.05) is 12.1 Å². The molecule has 0 unspecified atom stereocenters. The number of carbonyl (C=O) groups excluding carboxylic acids is 1. The van der Waals surface area contributed by atoms with Crippen molar-refractivity contribution >= 4 is 17.4 Å². The Bertz CT molecular complexity index is 430. The van der Waals surface area contributed by atoms with E-state index in [-0.39, 0.29) is 5.91 Å². The number of rotatable bonds is 3.